The molecule has 0 saturated heterocycles. The average Bonchev–Trinajstić information content (AvgIpc) is 3.35. The quantitative estimate of drug-likeness (QED) is 0.211. The number of ether oxygens (including phenoxy) is 2. The number of benzene rings is 3. The Morgan fingerprint density at radius 1 is 0.865 bits per heavy atom. The zero-order valence-electron chi connectivity index (χ0n) is 21.3. The van der Waals surface area contributed by atoms with E-state index < -0.39 is 0 Å². The molecule has 0 spiro atoms. The normalized spacial score (nSPS) is 11.6. The molecule has 0 amide bonds. The number of hydrogen-bond donors (Lipinski definition) is 0. The monoisotopic (exact) mass is 530 g/mol. The smallest absolute Gasteiger partial charge is 0.162 e. The Morgan fingerprint density at radius 2 is 1.59 bits per heavy atom. The SMILES string of the molecule is COc1cc2ncnc(Sc3cccc(-c4cc(C(C)(C)C)nn4-c4ccc(Cl)cc4)c3)c2cc1OC. The van der Waals surface area contributed by atoms with E-state index in [4.69, 9.17) is 26.2 Å². The Morgan fingerprint density at radius 3 is 2.30 bits per heavy atom. The van der Waals surface area contributed by atoms with E-state index in [0.717, 1.165) is 43.5 Å². The zero-order valence-corrected chi connectivity index (χ0v) is 22.9. The van der Waals surface area contributed by atoms with Gasteiger partial charge in [0.25, 0.3) is 0 Å². The molecule has 2 aromatic heterocycles. The predicted molar refractivity (Wildman–Crippen MR) is 149 cm³/mol. The van der Waals surface area contributed by atoms with Gasteiger partial charge in [-0.2, -0.15) is 5.10 Å². The average molecular weight is 531 g/mol. The molecule has 5 rings (SSSR count). The molecule has 3 aromatic carbocycles. The number of hydrogen-bond acceptors (Lipinski definition) is 6. The van der Waals surface area contributed by atoms with E-state index in [1.54, 1.807) is 32.3 Å². The van der Waals surface area contributed by atoms with Crippen molar-refractivity contribution < 1.29 is 9.47 Å². The van der Waals surface area contributed by atoms with Crippen LogP contribution >= 0.6 is 23.4 Å². The molecule has 6 nitrogen and oxygen atoms in total. The zero-order chi connectivity index (χ0) is 26.2. The minimum Gasteiger partial charge on any atom is -0.493 e. The van der Waals surface area contributed by atoms with Crippen LogP contribution in [0.1, 0.15) is 26.5 Å². The highest BCUT2D eigenvalue weighted by atomic mass is 35.5. The Balaban J connectivity index is 1.57. The van der Waals surface area contributed by atoms with Gasteiger partial charge in [0.2, 0.25) is 0 Å². The highest BCUT2D eigenvalue weighted by molar-refractivity contribution is 7.99. The van der Waals surface area contributed by atoms with Crippen LogP contribution in [-0.2, 0) is 5.41 Å². The third-order valence-electron chi connectivity index (χ3n) is 6.00. The summed E-state index contributed by atoms with van der Waals surface area (Å²) in [5.41, 5.74) is 4.73. The van der Waals surface area contributed by atoms with Crippen molar-refractivity contribution in [3.05, 3.63) is 83.8 Å². The standard InChI is InChI=1S/C29H27ClN4O2S/c1-29(2,3)27-16-24(34(33-27)20-11-9-19(30)10-12-20)18-7-6-8-21(13-18)37-28-22-14-25(35-4)26(36-5)15-23(22)31-17-32-28/h6-17H,1-5H3. The summed E-state index contributed by atoms with van der Waals surface area (Å²) >= 11 is 7.73. The molecule has 0 saturated carbocycles. The summed E-state index contributed by atoms with van der Waals surface area (Å²) in [6, 6.07) is 22.1. The lowest BCUT2D eigenvalue weighted by molar-refractivity contribution is 0.355. The molecule has 0 aliphatic rings. The fourth-order valence-corrected chi connectivity index (χ4v) is 5.06. The third-order valence-corrected chi connectivity index (χ3v) is 7.26. The van der Waals surface area contributed by atoms with Crippen LogP contribution in [-0.4, -0.2) is 34.0 Å². The number of rotatable bonds is 6. The summed E-state index contributed by atoms with van der Waals surface area (Å²) in [5.74, 6) is 1.28. The molecule has 0 N–H and O–H groups in total. The van der Waals surface area contributed by atoms with E-state index in [0.29, 0.717) is 16.5 Å². The number of methoxy groups -OCH3 is 2. The van der Waals surface area contributed by atoms with Crippen molar-refractivity contribution in [1.82, 2.24) is 19.7 Å². The van der Waals surface area contributed by atoms with Crippen LogP contribution in [0.2, 0.25) is 5.02 Å². The molecule has 0 radical (unpaired) electrons. The highest BCUT2D eigenvalue weighted by Gasteiger charge is 2.22. The maximum absolute atomic E-state index is 6.15. The molecule has 8 heteroatoms. The predicted octanol–water partition coefficient (Wildman–Crippen LogP) is 7.60. The van der Waals surface area contributed by atoms with Crippen molar-refractivity contribution in [3.8, 4) is 28.4 Å². The van der Waals surface area contributed by atoms with E-state index >= 15 is 0 Å². The van der Waals surface area contributed by atoms with E-state index in [2.05, 4.69) is 61.1 Å². The van der Waals surface area contributed by atoms with Crippen LogP contribution in [0.15, 0.2) is 83.0 Å². The van der Waals surface area contributed by atoms with Gasteiger partial charge in [-0.3, -0.25) is 0 Å². The van der Waals surface area contributed by atoms with Crippen LogP contribution < -0.4 is 9.47 Å². The first kappa shape index (κ1) is 25.1. The number of aromatic nitrogens is 4. The van der Waals surface area contributed by atoms with Gasteiger partial charge in [0.1, 0.15) is 11.4 Å². The first-order chi connectivity index (χ1) is 17.8. The van der Waals surface area contributed by atoms with Crippen LogP contribution in [0, 0.1) is 0 Å². The van der Waals surface area contributed by atoms with E-state index in [1.807, 2.05) is 41.1 Å². The van der Waals surface area contributed by atoms with Crippen molar-refractivity contribution in [2.75, 3.05) is 14.2 Å². The van der Waals surface area contributed by atoms with Crippen LogP contribution in [0.5, 0.6) is 11.5 Å². The second kappa shape index (κ2) is 10.1. The molecule has 37 heavy (non-hydrogen) atoms. The van der Waals surface area contributed by atoms with Crippen LogP contribution in [0.4, 0.5) is 0 Å². The Kier molecular flexibility index (Phi) is 6.84. The maximum atomic E-state index is 6.15. The Hall–Kier alpha value is -3.55. The first-order valence-corrected chi connectivity index (χ1v) is 13.0. The number of halogens is 1. The van der Waals surface area contributed by atoms with Crippen molar-refractivity contribution >= 4 is 34.3 Å². The highest BCUT2D eigenvalue weighted by Crippen LogP contribution is 2.38. The molecular weight excluding hydrogens is 504 g/mol. The van der Waals surface area contributed by atoms with Crippen molar-refractivity contribution in [2.24, 2.45) is 0 Å². The lowest BCUT2D eigenvalue weighted by Gasteiger charge is -2.14. The lowest BCUT2D eigenvalue weighted by Crippen LogP contribution is -2.12. The summed E-state index contributed by atoms with van der Waals surface area (Å²) in [4.78, 5) is 10.0. The topological polar surface area (TPSA) is 62.1 Å². The van der Waals surface area contributed by atoms with Crippen molar-refractivity contribution in [3.63, 3.8) is 0 Å². The molecular formula is C29H27ClN4O2S. The van der Waals surface area contributed by atoms with Gasteiger partial charge in [-0.1, -0.05) is 56.3 Å². The van der Waals surface area contributed by atoms with E-state index in [1.165, 1.54) is 0 Å². The van der Waals surface area contributed by atoms with Gasteiger partial charge < -0.3 is 9.47 Å². The molecule has 188 valence electrons. The van der Waals surface area contributed by atoms with Crippen molar-refractivity contribution in [2.45, 2.75) is 36.1 Å². The summed E-state index contributed by atoms with van der Waals surface area (Å²) in [6.07, 6.45) is 1.58. The largest absolute Gasteiger partial charge is 0.493 e. The second-order valence-electron chi connectivity index (χ2n) is 9.59. The van der Waals surface area contributed by atoms with Crippen LogP contribution in [0.25, 0.3) is 27.8 Å². The Bertz CT molecular complexity index is 1580. The van der Waals surface area contributed by atoms with Gasteiger partial charge in [-0.05, 0) is 48.5 Å². The van der Waals surface area contributed by atoms with Gasteiger partial charge in [-0.25, -0.2) is 14.6 Å². The van der Waals surface area contributed by atoms with Crippen molar-refractivity contribution in [1.29, 1.82) is 0 Å². The lowest BCUT2D eigenvalue weighted by atomic mass is 9.92. The molecule has 0 fully saturated rings. The molecule has 5 aromatic rings. The van der Waals surface area contributed by atoms with Gasteiger partial charge in [0.15, 0.2) is 11.5 Å². The minimum atomic E-state index is -0.0984. The van der Waals surface area contributed by atoms with Gasteiger partial charge in [0, 0.05) is 32.3 Å². The van der Waals surface area contributed by atoms with Gasteiger partial charge in [0.05, 0.1) is 36.8 Å². The number of fused-ring (bicyclic) bond motifs is 1. The van der Waals surface area contributed by atoms with E-state index in [9.17, 15) is 0 Å². The van der Waals surface area contributed by atoms with Gasteiger partial charge in [-0.15, -0.1) is 0 Å². The molecule has 0 atom stereocenters. The fraction of sp³-hybridized carbons (Fsp3) is 0.207. The number of nitrogens with zero attached hydrogens (tertiary/aromatic N) is 4. The molecule has 0 aliphatic heterocycles. The first-order valence-electron chi connectivity index (χ1n) is 11.8. The summed E-state index contributed by atoms with van der Waals surface area (Å²) < 4.78 is 12.9. The summed E-state index contributed by atoms with van der Waals surface area (Å²) in [5, 5.41) is 7.40. The molecule has 0 bridgehead atoms. The molecule has 0 unspecified atom stereocenters. The Labute approximate surface area is 225 Å². The van der Waals surface area contributed by atoms with E-state index in [-0.39, 0.29) is 5.41 Å². The summed E-state index contributed by atoms with van der Waals surface area (Å²) in [6.45, 7) is 6.50. The minimum absolute atomic E-state index is 0.0984. The van der Waals surface area contributed by atoms with Gasteiger partial charge >= 0.3 is 0 Å². The molecule has 0 aliphatic carbocycles. The second-order valence-corrected chi connectivity index (χ2v) is 11.1. The summed E-state index contributed by atoms with van der Waals surface area (Å²) in [7, 11) is 3.24. The maximum Gasteiger partial charge on any atom is 0.162 e. The van der Waals surface area contributed by atoms with Crippen LogP contribution in [0.3, 0.4) is 0 Å². The third kappa shape index (κ3) is 5.15. The fourth-order valence-electron chi connectivity index (χ4n) is 4.00. The molecule has 2 heterocycles.